The molecule has 2 aromatic heterocycles. The first-order valence-electron chi connectivity index (χ1n) is 8.63. The van der Waals surface area contributed by atoms with Gasteiger partial charge in [0, 0.05) is 29.7 Å². The molecular formula is C21H15F2N5. The molecule has 0 bridgehead atoms. The first-order valence-corrected chi connectivity index (χ1v) is 8.63. The molecule has 138 valence electrons. The van der Waals surface area contributed by atoms with Crippen LogP contribution >= 0.6 is 0 Å². The standard InChI is InChI=1S/C21H15F2N5/c1-13-21(15-2-5-17(22)6-3-15,16-4-7-19(23)26-12-16)28-20(27-13)18-8-9-25-11-14(18)10-24/h2-9,11-13H,1H3,(H,27,28)/t13-,21?/m0/s1. The summed E-state index contributed by atoms with van der Waals surface area (Å²) in [7, 11) is 0. The van der Waals surface area contributed by atoms with Crippen LogP contribution in [0.2, 0.25) is 0 Å². The number of benzene rings is 1. The Morgan fingerprint density at radius 1 is 1.04 bits per heavy atom. The van der Waals surface area contributed by atoms with E-state index in [0.29, 0.717) is 22.5 Å². The van der Waals surface area contributed by atoms with Gasteiger partial charge in [0.05, 0.1) is 11.6 Å². The van der Waals surface area contributed by atoms with Crippen molar-refractivity contribution in [3.05, 3.63) is 95.1 Å². The largest absolute Gasteiger partial charge is 0.354 e. The second-order valence-corrected chi connectivity index (χ2v) is 6.50. The van der Waals surface area contributed by atoms with Crippen LogP contribution in [0.1, 0.15) is 29.2 Å². The van der Waals surface area contributed by atoms with Gasteiger partial charge in [-0.05, 0) is 36.8 Å². The minimum Gasteiger partial charge on any atom is -0.354 e. The number of aromatic nitrogens is 2. The Bertz CT molecular complexity index is 1040. The summed E-state index contributed by atoms with van der Waals surface area (Å²) in [6, 6.07) is 12.5. The van der Waals surface area contributed by atoms with Gasteiger partial charge in [0.1, 0.15) is 23.3 Å². The van der Waals surface area contributed by atoms with Crippen LogP contribution in [0.3, 0.4) is 0 Å². The molecule has 0 radical (unpaired) electrons. The highest BCUT2D eigenvalue weighted by Gasteiger charge is 2.45. The highest BCUT2D eigenvalue weighted by molar-refractivity contribution is 6.03. The average molecular weight is 375 g/mol. The maximum Gasteiger partial charge on any atom is 0.212 e. The van der Waals surface area contributed by atoms with Crippen LogP contribution in [0.25, 0.3) is 0 Å². The Morgan fingerprint density at radius 3 is 2.46 bits per heavy atom. The first-order chi connectivity index (χ1) is 13.5. The van der Waals surface area contributed by atoms with Crippen LogP contribution in [0.5, 0.6) is 0 Å². The highest BCUT2D eigenvalue weighted by atomic mass is 19.1. The summed E-state index contributed by atoms with van der Waals surface area (Å²) in [5, 5.41) is 12.8. The molecule has 1 N–H and O–H groups in total. The third-order valence-electron chi connectivity index (χ3n) is 4.94. The number of amidine groups is 1. The lowest BCUT2D eigenvalue weighted by molar-refractivity contribution is 0.430. The average Bonchev–Trinajstić information content (AvgIpc) is 3.07. The first kappa shape index (κ1) is 17.7. The van der Waals surface area contributed by atoms with E-state index in [9.17, 15) is 14.0 Å². The van der Waals surface area contributed by atoms with Crippen molar-refractivity contribution in [2.75, 3.05) is 0 Å². The van der Waals surface area contributed by atoms with Crippen LogP contribution in [0, 0.1) is 23.1 Å². The molecule has 0 spiro atoms. The summed E-state index contributed by atoms with van der Waals surface area (Å²) in [5.74, 6) is -0.436. The molecule has 1 aromatic carbocycles. The SMILES string of the molecule is C[C@@H]1N=C(c2ccncc2C#N)NC1(c1ccc(F)cc1)c1ccc(F)nc1. The molecule has 3 heterocycles. The minimum atomic E-state index is -0.889. The van der Waals surface area contributed by atoms with Crippen LogP contribution in [-0.2, 0) is 5.54 Å². The molecule has 5 nitrogen and oxygen atoms in total. The van der Waals surface area contributed by atoms with Crippen molar-refractivity contribution < 1.29 is 8.78 Å². The number of hydrogen-bond acceptors (Lipinski definition) is 5. The van der Waals surface area contributed by atoms with Crippen molar-refractivity contribution in [1.82, 2.24) is 15.3 Å². The molecule has 0 fully saturated rings. The molecule has 0 amide bonds. The smallest absolute Gasteiger partial charge is 0.212 e. The summed E-state index contributed by atoms with van der Waals surface area (Å²) in [5.41, 5.74) is 1.54. The Hall–Kier alpha value is -3.66. The Balaban J connectivity index is 1.87. The van der Waals surface area contributed by atoms with Crippen molar-refractivity contribution >= 4 is 5.84 Å². The van der Waals surface area contributed by atoms with Gasteiger partial charge in [-0.2, -0.15) is 9.65 Å². The van der Waals surface area contributed by atoms with Crippen LogP contribution < -0.4 is 5.32 Å². The summed E-state index contributed by atoms with van der Waals surface area (Å²) >= 11 is 0. The molecule has 4 rings (SSSR count). The zero-order valence-electron chi connectivity index (χ0n) is 14.9. The number of nitriles is 1. The predicted molar refractivity (Wildman–Crippen MR) is 99.5 cm³/mol. The van der Waals surface area contributed by atoms with Crippen LogP contribution in [-0.4, -0.2) is 21.8 Å². The Kier molecular flexibility index (Phi) is 4.32. The summed E-state index contributed by atoms with van der Waals surface area (Å²) in [6.07, 6.45) is 4.50. The number of rotatable bonds is 3. The van der Waals surface area contributed by atoms with Gasteiger partial charge in [-0.3, -0.25) is 9.98 Å². The summed E-state index contributed by atoms with van der Waals surface area (Å²) < 4.78 is 27.0. The van der Waals surface area contributed by atoms with Crippen molar-refractivity contribution in [1.29, 1.82) is 5.26 Å². The molecule has 28 heavy (non-hydrogen) atoms. The number of nitrogens with zero attached hydrogens (tertiary/aromatic N) is 4. The van der Waals surface area contributed by atoms with Crippen LogP contribution in [0.4, 0.5) is 8.78 Å². The molecule has 1 unspecified atom stereocenters. The lowest BCUT2D eigenvalue weighted by atomic mass is 9.79. The van der Waals surface area contributed by atoms with Crippen LogP contribution in [0.15, 0.2) is 66.0 Å². The fourth-order valence-electron chi connectivity index (χ4n) is 3.56. The van der Waals surface area contributed by atoms with Crippen molar-refractivity contribution in [3.8, 4) is 6.07 Å². The fourth-order valence-corrected chi connectivity index (χ4v) is 3.56. The lowest BCUT2D eigenvalue weighted by Crippen LogP contribution is -2.48. The molecular weight excluding hydrogens is 360 g/mol. The van der Waals surface area contributed by atoms with E-state index in [1.165, 1.54) is 30.6 Å². The topological polar surface area (TPSA) is 74.0 Å². The second-order valence-electron chi connectivity index (χ2n) is 6.50. The zero-order chi connectivity index (χ0) is 19.7. The summed E-state index contributed by atoms with van der Waals surface area (Å²) in [4.78, 5) is 12.5. The third-order valence-corrected chi connectivity index (χ3v) is 4.94. The number of pyridine rings is 2. The minimum absolute atomic E-state index is 0.333. The summed E-state index contributed by atoms with van der Waals surface area (Å²) in [6.45, 7) is 1.90. The molecule has 0 saturated heterocycles. The highest BCUT2D eigenvalue weighted by Crippen LogP contribution is 2.38. The Labute approximate surface area is 160 Å². The number of aliphatic imine (C=N–C) groups is 1. The normalized spacial score (nSPS) is 20.9. The molecule has 1 aliphatic rings. The van der Waals surface area contributed by atoms with E-state index in [2.05, 4.69) is 21.4 Å². The van der Waals surface area contributed by atoms with Gasteiger partial charge in [-0.1, -0.05) is 18.2 Å². The molecule has 2 atom stereocenters. The van der Waals surface area contributed by atoms with Gasteiger partial charge in [0.25, 0.3) is 0 Å². The van der Waals surface area contributed by atoms with E-state index in [0.717, 1.165) is 5.56 Å². The van der Waals surface area contributed by atoms with Gasteiger partial charge in [0.2, 0.25) is 5.95 Å². The van der Waals surface area contributed by atoms with Crippen molar-refractivity contribution in [3.63, 3.8) is 0 Å². The van der Waals surface area contributed by atoms with Gasteiger partial charge in [0.15, 0.2) is 0 Å². The predicted octanol–water partition coefficient (Wildman–Crippen LogP) is 3.31. The quantitative estimate of drug-likeness (QED) is 0.713. The van der Waals surface area contributed by atoms with Crippen molar-refractivity contribution in [2.24, 2.45) is 4.99 Å². The number of nitrogens with one attached hydrogen (secondary N) is 1. The molecule has 1 aliphatic heterocycles. The van der Waals surface area contributed by atoms with Gasteiger partial charge in [-0.15, -0.1) is 0 Å². The number of hydrogen-bond donors (Lipinski definition) is 1. The number of halogens is 2. The Morgan fingerprint density at radius 2 is 1.79 bits per heavy atom. The van der Waals surface area contributed by atoms with E-state index in [1.807, 2.05) is 6.92 Å². The fraction of sp³-hybridized carbons (Fsp3) is 0.143. The lowest BCUT2D eigenvalue weighted by Gasteiger charge is -2.34. The third kappa shape index (κ3) is 2.79. The molecule has 7 heteroatoms. The van der Waals surface area contributed by atoms with E-state index in [-0.39, 0.29) is 11.9 Å². The van der Waals surface area contributed by atoms with Gasteiger partial charge >= 0.3 is 0 Å². The van der Waals surface area contributed by atoms with Gasteiger partial charge < -0.3 is 5.32 Å². The second kappa shape index (κ2) is 6.82. The van der Waals surface area contributed by atoms with E-state index >= 15 is 0 Å². The van der Waals surface area contributed by atoms with Crippen molar-refractivity contribution in [2.45, 2.75) is 18.5 Å². The van der Waals surface area contributed by atoms with Gasteiger partial charge in [-0.25, -0.2) is 9.37 Å². The maximum atomic E-state index is 13.5. The maximum absolute atomic E-state index is 13.5. The molecule has 0 aliphatic carbocycles. The van der Waals surface area contributed by atoms with E-state index in [1.54, 1.807) is 30.5 Å². The molecule has 0 saturated carbocycles. The zero-order valence-corrected chi connectivity index (χ0v) is 14.9. The van der Waals surface area contributed by atoms with E-state index < -0.39 is 11.5 Å². The van der Waals surface area contributed by atoms with E-state index in [4.69, 9.17) is 4.99 Å². The molecule has 3 aromatic rings. The monoisotopic (exact) mass is 375 g/mol.